The van der Waals surface area contributed by atoms with Crippen molar-refractivity contribution in [1.29, 1.82) is 0 Å². The van der Waals surface area contributed by atoms with Crippen LogP contribution in [-0.4, -0.2) is 41.3 Å². The molecule has 0 spiro atoms. The Morgan fingerprint density at radius 3 is 2.55 bits per heavy atom. The van der Waals surface area contributed by atoms with Crippen LogP contribution in [-0.2, 0) is 21.4 Å². The highest BCUT2D eigenvalue weighted by Crippen LogP contribution is 2.24. The summed E-state index contributed by atoms with van der Waals surface area (Å²) >= 11 is 0. The number of carbonyl (C=O) groups is 1. The van der Waals surface area contributed by atoms with Gasteiger partial charge in [-0.25, -0.2) is 13.4 Å². The number of hydrogen-bond acceptors (Lipinski definition) is 4. The highest BCUT2D eigenvalue weighted by molar-refractivity contribution is 7.89. The zero-order valence-electron chi connectivity index (χ0n) is 18.0. The summed E-state index contributed by atoms with van der Waals surface area (Å²) in [6, 6.07) is 10.9. The van der Waals surface area contributed by atoms with Crippen LogP contribution in [0, 0.1) is 13.8 Å². The maximum absolute atomic E-state index is 12.9. The lowest BCUT2D eigenvalue weighted by molar-refractivity contribution is -0.116. The molecule has 0 atom stereocenters. The third-order valence-corrected chi connectivity index (χ3v) is 7.81. The van der Waals surface area contributed by atoms with Gasteiger partial charge in [-0.15, -0.1) is 0 Å². The van der Waals surface area contributed by atoms with E-state index in [-0.39, 0.29) is 10.8 Å². The van der Waals surface area contributed by atoms with Crippen molar-refractivity contribution < 1.29 is 13.2 Å². The average molecular weight is 441 g/mol. The fraction of sp³-hybridized carbons (Fsp3) is 0.391. The summed E-state index contributed by atoms with van der Waals surface area (Å²) in [6.07, 6.45) is 4.84. The minimum absolute atomic E-state index is 0.0746. The Kier molecular flexibility index (Phi) is 6.11. The predicted molar refractivity (Wildman–Crippen MR) is 122 cm³/mol. The van der Waals surface area contributed by atoms with E-state index in [0.29, 0.717) is 31.6 Å². The smallest absolute Gasteiger partial charge is 0.243 e. The number of sulfonamides is 1. The molecule has 1 aliphatic rings. The molecule has 1 amide bonds. The van der Waals surface area contributed by atoms with Crippen molar-refractivity contribution in [3.63, 3.8) is 0 Å². The normalized spacial score (nSPS) is 15.3. The van der Waals surface area contributed by atoms with Gasteiger partial charge in [0.05, 0.1) is 22.3 Å². The first-order valence-electron chi connectivity index (χ1n) is 10.7. The standard InChI is InChI=1S/C23H28N4O3S/c1-17-6-7-19(14-18(17)2)25-23(28)10-13-26-16-24-21-15-20(8-9-22(21)26)31(29,30)27-11-4-3-5-12-27/h6-9,14-16H,3-5,10-13H2,1-2H3,(H,25,28). The average Bonchev–Trinajstić information content (AvgIpc) is 3.18. The van der Waals surface area contributed by atoms with Crippen molar-refractivity contribution in [1.82, 2.24) is 13.9 Å². The van der Waals surface area contributed by atoms with Crippen LogP contribution >= 0.6 is 0 Å². The van der Waals surface area contributed by atoms with Crippen molar-refractivity contribution in [2.45, 2.75) is 51.0 Å². The van der Waals surface area contributed by atoms with Gasteiger partial charge in [0.2, 0.25) is 15.9 Å². The molecular weight excluding hydrogens is 412 g/mol. The molecule has 31 heavy (non-hydrogen) atoms. The van der Waals surface area contributed by atoms with Gasteiger partial charge in [0.25, 0.3) is 0 Å². The maximum Gasteiger partial charge on any atom is 0.243 e. The van der Waals surface area contributed by atoms with Crippen LogP contribution in [0.1, 0.15) is 36.8 Å². The van der Waals surface area contributed by atoms with E-state index in [4.69, 9.17) is 0 Å². The minimum Gasteiger partial charge on any atom is -0.330 e. The van der Waals surface area contributed by atoms with Crippen molar-refractivity contribution >= 4 is 32.7 Å². The number of nitrogens with zero attached hydrogens (tertiary/aromatic N) is 3. The summed E-state index contributed by atoms with van der Waals surface area (Å²) < 4.78 is 29.3. The van der Waals surface area contributed by atoms with E-state index < -0.39 is 10.0 Å². The van der Waals surface area contributed by atoms with Crippen molar-refractivity contribution in [3.8, 4) is 0 Å². The summed E-state index contributed by atoms with van der Waals surface area (Å²) in [5.41, 5.74) is 4.54. The van der Waals surface area contributed by atoms with E-state index >= 15 is 0 Å². The van der Waals surface area contributed by atoms with Gasteiger partial charge in [-0.05, 0) is 68.1 Å². The SMILES string of the molecule is Cc1ccc(NC(=O)CCn2cnc3cc(S(=O)(=O)N4CCCCC4)ccc32)cc1C. The van der Waals surface area contributed by atoms with Gasteiger partial charge < -0.3 is 9.88 Å². The number of fused-ring (bicyclic) bond motifs is 1. The van der Waals surface area contributed by atoms with E-state index in [9.17, 15) is 13.2 Å². The summed E-state index contributed by atoms with van der Waals surface area (Å²) in [5.74, 6) is -0.0746. The Morgan fingerprint density at radius 2 is 1.81 bits per heavy atom. The molecular formula is C23H28N4O3S. The molecule has 2 aromatic carbocycles. The number of imidazole rings is 1. The molecule has 8 heteroatoms. The zero-order valence-corrected chi connectivity index (χ0v) is 18.8. The zero-order chi connectivity index (χ0) is 22.0. The van der Waals surface area contributed by atoms with E-state index in [1.807, 2.05) is 36.6 Å². The van der Waals surface area contributed by atoms with E-state index in [0.717, 1.165) is 36.0 Å². The molecule has 7 nitrogen and oxygen atoms in total. The van der Waals surface area contributed by atoms with Crippen LogP contribution in [0.3, 0.4) is 0 Å². The molecule has 1 aromatic heterocycles. The Balaban J connectivity index is 1.44. The number of carbonyl (C=O) groups excluding carboxylic acids is 1. The Morgan fingerprint density at radius 1 is 1.03 bits per heavy atom. The summed E-state index contributed by atoms with van der Waals surface area (Å²) in [4.78, 5) is 17.0. The number of benzene rings is 2. The first-order valence-corrected chi connectivity index (χ1v) is 12.1. The highest BCUT2D eigenvalue weighted by atomic mass is 32.2. The van der Waals surface area contributed by atoms with Gasteiger partial charge in [-0.2, -0.15) is 4.31 Å². The quantitative estimate of drug-likeness (QED) is 0.631. The molecule has 2 heterocycles. The highest BCUT2D eigenvalue weighted by Gasteiger charge is 2.26. The molecule has 0 unspecified atom stereocenters. The van der Waals surface area contributed by atoms with Crippen LogP contribution in [0.25, 0.3) is 11.0 Å². The van der Waals surface area contributed by atoms with Gasteiger partial charge in [0.1, 0.15) is 0 Å². The first kappa shape index (κ1) is 21.5. The lowest BCUT2D eigenvalue weighted by Crippen LogP contribution is -2.35. The fourth-order valence-electron chi connectivity index (χ4n) is 3.90. The van der Waals surface area contributed by atoms with Crippen LogP contribution in [0.15, 0.2) is 47.6 Å². The Hall–Kier alpha value is -2.71. The van der Waals surface area contributed by atoms with Crippen molar-refractivity contribution in [2.24, 2.45) is 0 Å². The molecule has 1 saturated heterocycles. The molecule has 164 valence electrons. The van der Waals surface area contributed by atoms with Gasteiger partial charge in [-0.1, -0.05) is 12.5 Å². The molecule has 1 N–H and O–H groups in total. The van der Waals surface area contributed by atoms with Gasteiger partial charge in [0.15, 0.2) is 0 Å². The summed E-state index contributed by atoms with van der Waals surface area (Å²) in [5, 5.41) is 2.93. The monoisotopic (exact) mass is 440 g/mol. The third-order valence-electron chi connectivity index (χ3n) is 5.92. The summed E-state index contributed by atoms with van der Waals surface area (Å²) in [6.45, 7) is 5.66. The maximum atomic E-state index is 12.9. The number of nitrogens with one attached hydrogen (secondary N) is 1. The number of aryl methyl sites for hydroxylation is 3. The predicted octanol–water partition coefficient (Wildman–Crippen LogP) is 3.86. The summed E-state index contributed by atoms with van der Waals surface area (Å²) in [7, 11) is -3.49. The molecule has 0 bridgehead atoms. The molecule has 1 fully saturated rings. The number of aromatic nitrogens is 2. The van der Waals surface area contributed by atoms with E-state index in [1.54, 1.807) is 28.8 Å². The molecule has 4 rings (SSSR count). The minimum atomic E-state index is -3.49. The van der Waals surface area contributed by atoms with Crippen LogP contribution in [0.4, 0.5) is 5.69 Å². The van der Waals surface area contributed by atoms with Crippen LogP contribution < -0.4 is 5.32 Å². The topological polar surface area (TPSA) is 84.3 Å². The van der Waals surface area contributed by atoms with Gasteiger partial charge >= 0.3 is 0 Å². The first-order chi connectivity index (χ1) is 14.8. The number of amides is 1. The van der Waals surface area contributed by atoms with E-state index in [2.05, 4.69) is 10.3 Å². The van der Waals surface area contributed by atoms with Crippen LogP contribution in [0.2, 0.25) is 0 Å². The number of piperidine rings is 1. The molecule has 1 aliphatic heterocycles. The largest absolute Gasteiger partial charge is 0.330 e. The van der Waals surface area contributed by atoms with E-state index in [1.165, 1.54) is 5.56 Å². The number of hydrogen-bond donors (Lipinski definition) is 1. The number of rotatable bonds is 6. The third kappa shape index (κ3) is 4.65. The molecule has 0 aliphatic carbocycles. The van der Waals surface area contributed by atoms with Crippen molar-refractivity contribution in [2.75, 3.05) is 18.4 Å². The lowest BCUT2D eigenvalue weighted by Gasteiger charge is -2.25. The molecule has 0 radical (unpaired) electrons. The second-order valence-corrected chi connectivity index (χ2v) is 10.1. The Bertz CT molecular complexity index is 1210. The second kappa shape index (κ2) is 8.80. The van der Waals surface area contributed by atoms with Gasteiger partial charge in [0, 0.05) is 31.7 Å². The van der Waals surface area contributed by atoms with Crippen LogP contribution in [0.5, 0.6) is 0 Å². The second-order valence-electron chi connectivity index (χ2n) is 8.15. The molecule has 0 saturated carbocycles. The Labute approximate surface area is 183 Å². The fourth-order valence-corrected chi connectivity index (χ4v) is 5.44. The lowest BCUT2D eigenvalue weighted by atomic mass is 10.1. The number of anilines is 1. The van der Waals surface area contributed by atoms with Gasteiger partial charge in [-0.3, -0.25) is 4.79 Å². The van der Waals surface area contributed by atoms with Crippen molar-refractivity contribution in [3.05, 3.63) is 53.9 Å². The molecule has 3 aromatic rings.